The number of nitrogens with zero attached hydrogens (tertiary/aromatic N) is 2. The van der Waals surface area contributed by atoms with Crippen molar-refractivity contribution in [2.45, 2.75) is 13.3 Å². The fourth-order valence-corrected chi connectivity index (χ4v) is 1.97. The lowest BCUT2D eigenvalue weighted by molar-refractivity contribution is -0.141. The monoisotopic (exact) mass is 304 g/mol. The highest BCUT2D eigenvalue weighted by Crippen LogP contribution is 2.16. The summed E-state index contributed by atoms with van der Waals surface area (Å²) < 4.78 is 4.56. The summed E-state index contributed by atoms with van der Waals surface area (Å²) in [6, 6.07) is 2.82. The fourth-order valence-electron chi connectivity index (χ4n) is 1.51. The molecule has 0 saturated carbocycles. The summed E-state index contributed by atoms with van der Waals surface area (Å²) in [7, 11) is 1.27. The number of methoxy groups -OCH3 is 1. The van der Waals surface area contributed by atoms with Gasteiger partial charge in [0.25, 0.3) is 5.91 Å². The van der Waals surface area contributed by atoms with Gasteiger partial charge in [0.05, 0.1) is 7.11 Å². The summed E-state index contributed by atoms with van der Waals surface area (Å²) in [5, 5.41) is 0.260. The first kappa shape index (κ1) is 15.7. The molecule has 0 aliphatic rings. The smallest absolute Gasteiger partial charge is 0.325 e. The van der Waals surface area contributed by atoms with Crippen LogP contribution in [0.3, 0.4) is 0 Å². The van der Waals surface area contributed by atoms with Gasteiger partial charge in [-0.1, -0.05) is 30.1 Å². The van der Waals surface area contributed by atoms with Crippen molar-refractivity contribution in [2.24, 2.45) is 0 Å². The maximum absolute atomic E-state index is 12.3. The van der Waals surface area contributed by atoms with Crippen LogP contribution in [0.1, 0.15) is 23.7 Å². The molecule has 0 aliphatic heterocycles. The van der Waals surface area contributed by atoms with E-state index in [1.165, 1.54) is 24.1 Å². The molecule has 1 aromatic heterocycles. The SMILES string of the molecule is CCCN(CC(=O)OC)C(=O)c1cc(Cl)nc(Cl)c1. The number of rotatable bonds is 5. The van der Waals surface area contributed by atoms with E-state index < -0.39 is 5.97 Å². The maximum Gasteiger partial charge on any atom is 0.325 e. The Morgan fingerprint density at radius 2 is 1.89 bits per heavy atom. The van der Waals surface area contributed by atoms with Gasteiger partial charge >= 0.3 is 5.97 Å². The van der Waals surface area contributed by atoms with E-state index in [0.29, 0.717) is 12.1 Å². The van der Waals surface area contributed by atoms with E-state index in [2.05, 4.69) is 9.72 Å². The number of halogens is 2. The predicted molar refractivity (Wildman–Crippen MR) is 72.5 cm³/mol. The van der Waals surface area contributed by atoms with Gasteiger partial charge in [0.1, 0.15) is 16.9 Å². The minimum Gasteiger partial charge on any atom is -0.468 e. The standard InChI is InChI=1S/C12H14Cl2N2O3/c1-3-4-16(7-11(17)19-2)12(18)8-5-9(13)15-10(14)6-8/h5-6H,3-4,7H2,1-2H3. The Labute approximate surface area is 121 Å². The van der Waals surface area contributed by atoms with Crippen molar-refractivity contribution in [1.82, 2.24) is 9.88 Å². The zero-order valence-corrected chi connectivity index (χ0v) is 12.2. The Bertz CT molecular complexity index is 460. The Balaban J connectivity index is 2.94. The average Bonchev–Trinajstić information content (AvgIpc) is 2.36. The van der Waals surface area contributed by atoms with Crippen molar-refractivity contribution < 1.29 is 14.3 Å². The number of ether oxygens (including phenoxy) is 1. The number of hydrogen-bond donors (Lipinski definition) is 0. The first-order valence-corrected chi connectivity index (χ1v) is 6.42. The first-order chi connectivity index (χ1) is 8.97. The van der Waals surface area contributed by atoms with Gasteiger partial charge in [0.15, 0.2) is 0 Å². The molecule has 19 heavy (non-hydrogen) atoms. The Morgan fingerprint density at radius 1 is 1.32 bits per heavy atom. The van der Waals surface area contributed by atoms with E-state index in [1.807, 2.05) is 6.92 Å². The number of pyridine rings is 1. The van der Waals surface area contributed by atoms with E-state index in [1.54, 1.807) is 0 Å². The lowest BCUT2D eigenvalue weighted by Crippen LogP contribution is -2.36. The van der Waals surface area contributed by atoms with Gasteiger partial charge in [0.2, 0.25) is 0 Å². The van der Waals surface area contributed by atoms with Crippen molar-refractivity contribution in [3.05, 3.63) is 28.0 Å². The summed E-state index contributed by atoms with van der Waals surface area (Å²) in [6.45, 7) is 2.23. The molecular formula is C12H14Cl2N2O3. The van der Waals surface area contributed by atoms with E-state index in [4.69, 9.17) is 23.2 Å². The maximum atomic E-state index is 12.3. The van der Waals surface area contributed by atoms with E-state index in [9.17, 15) is 9.59 Å². The summed E-state index contributed by atoms with van der Waals surface area (Å²) in [6.07, 6.45) is 0.718. The molecule has 0 aliphatic carbocycles. The first-order valence-electron chi connectivity index (χ1n) is 5.67. The molecule has 0 radical (unpaired) electrons. The third-order valence-corrected chi connectivity index (χ3v) is 2.73. The minimum atomic E-state index is -0.479. The van der Waals surface area contributed by atoms with Crippen LogP contribution in [-0.4, -0.2) is 42.0 Å². The molecule has 0 atom stereocenters. The topological polar surface area (TPSA) is 59.5 Å². The molecule has 0 saturated heterocycles. The van der Waals surface area contributed by atoms with Gasteiger partial charge in [-0.25, -0.2) is 4.98 Å². The molecule has 1 aromatic rings. The molecule has 104 valence electrons. The molecule has 7 heteroatoms. The largest absolute Gasteiger partial charge is 0.468 e. The van der Waals surface area contributed by atoms with Gasteiger partial charge in [0, 0.05) is 12.1 Å². The van der Waals surface area contributed by atoms with Crippen LogP contribution in [0.25, 0.3) is 0 Å². The van der Waals surface area contributed by atoms with Crippen molar-refractivity contribution in [1.29, 1.82) is 0 Å². The lowest BCUT2D eigenvalue weighted by atomic mass is 10.2. The highest BCUT2D eigenvalue weighted by Gasteiger charge is 2.19. The van der Waals surface area contributed by atoms with Crippen LogP contribution < -0.4 is 0 Å². The zero-order chi connectivity index (χ0) is 14.4. The summed E-state index contributed by atoms with van der Waals surface area (Å²) in [5.41, 5.74) is 0.294. The van der Waals surface area contributed by atoms with Crippen LogP contribution in [-0.2, 0) is 9.53 Å². The molecule has 0 N–H and O–H groups in total. The molecule has 1 heterocycles. The number of hydrogen-bond acceptors (Lipinski definition) is 4. The number of carbonyl (C=O) groups is 2. The Hall–Kier alpha value is -1.33. The van der Waals surface area contributed by atoms with Gasteiger partial charge in [-0.2, -0.15) is 0 Å². The van der Waals surface area contributed by atoms with Gasteiger partial charge < -0.3 is 9.64 Å². The predicted octanol–water partition coefficient (Wildman–Crippen LogP) is 2.41. The second-order valence-corrected chi connectivity index (χ2v) is 4.58. The van der Waals surface area contributed by atoms with Crippen molar-refractivity contribution in [3.63, 3.8) is 0 Å². The molecule has 5 nitrogen and oxygen atoms in total. The van der Waals surface area contributed by atoms with Crippen LogP contribution in [0.15, 0.2) is 12.1 Å². The minimum absolute atomic E-state index is 0.110. The lowest BCUT2D eigenvalue weighted by Gasteiger charge is -2.20. The highest BCUT2D eigenvalue weighted by atomic mass is 35.5. The summed E-state index contributed by atoms with van der Waals surface area (Å²) in [4.78, 5) is 28.7. The van der Waals surface area contributed by atoms with Gasteiger partial charge in [-0.15, -0.1) is 0 Å². The second-order valence-electron chi connectivity index (χ2n) is 3.80. The molecule has 1 amide bonds. The van der Waals surface area contributed by atoms with Crippen LogP contribution >= 0.6 is 23.2 Å². The molecule has 0 aromatic carbocycles. The summed E-state index contributed by atoms with van der Waals surface area (Å²) >= 11 is 11.5. The van der Waals surface area contributed by atoms with Gasteiger partial charge in [-0.3, -0.25) is 9.59 Å². The normalized spacial score (nSPS) is 10.1. The Morgan fingerprint density at radius 3 is 2.37 bits per heavy atom. The molecule has 0 spiro atoms. The van der Waals surface area contributed by atoms with Crippen LogP contribution in [0, 0.1) is 0 Å². The number of carbonyl (C=O) groups excluding carboxylic acids is 2. The second kappa shape index (κ2) is 7.31. The van der Waals surface area contributed by atoms with E-state index >= 15 is 0 Å². The molecule has 0 unspecified atom stereocenters. The summed E-state index contributed by atoms with van der Waals surface area (Å²) in [5.74, 6) is -0.813. The van der Waals surface area contributed by atoms with Crippen molar-refractivity contribution in [2.75, 3.05) is 20.2 Å². The molecule has 0 fully saturated rings. The van der Waals surface area contributed by atoms with Crippen LogP contribution in [0.2, 0.25) is 10.3 Å². The molecular weight excluding hydrogens is 291 g/mol. The van der Waals surface area contributed by atoms with E-state index in [0.717, 1.165) is 6.42 Å². The third kappa shape index (κ3) is 4.69. The Kier molecular flexibility index (Phi) is 6.05. The van der Waals surface area contributed by atoms with Crippen LogP contribution in [0.5, 0.6) is 0 Å². The van der Waals surface area contributed by atoms with Gasteiger partial charge in [-0.05, 0) is 18.6 Å². The van der Waals surface area contributed by atoms with E-state index in [-0.39, 0.29) is 22.8 Å². The quantitative estimate of drug-likeness (QED) is 0.619. The van der Waals surface area contributed by atoms with Crippen molar-refractivity contribution in [3.8, 4) is 0 Å². The third-order valence-electron chi connectivity index (χ3n) is 2.34. The van der Waals surface area contributed by atoms with Crippen LogP contribution in [0.4, 0.5) is 0 Å². The molecule has 0 bridgehead atoms. The average molecular weight is 305 g/mol. The zero-order valence-electron chi connectivity index (χ0n) is 10.7. The van der Waals surface area contributed by atoms with Crippen molar-refractivity contribution >= 4 is 35.1 Å². The highest BCUT2D eigenvalue weighted by molar-refractivity contribution is 6.33. The number of amides is 1. The molecule has 1 rings (SSSR count). The number of esters is 1. The fraction of sp³-hybridized carbons (Fsp3) is 0.417. The number of aromatic nitrogens is 1.